The molecule has 2 heteroatoms. The van der Waals surface area contributed by atoms with Crippen LogP contribution in [0.3, 0.4) is 0 Å². The van der Waals surface area contributed by atoms with Gasteiger partial charge in [-0.15, -0.1) is 0 Å². The standard InChI is InChI=1S/C18H20N2/c1-5-6-15-7-8-16(10-17(15)11-19-4)18-12-20-14(3)9-13(18)2/h6-12H,4-5H2,1-3H3/b15-6-,17-11-. The maximum absolute atomic E-state index is 4.40. The van der Waals surface area contributed by atoms with Crippen LogP contribution in [-0.2, 0) is 0 Å². The van der Waals surface area contributed by atoms with E-state index in [0.717, 1.165) is 28.5 Å². The van der Waals surface area contributed by atoms with Gasteiger partial charge in [0.05, 0.1) is 0 Å². The van der Waals surface area contributed by atoms with Crippen molar-refractivity contribution in [2.24, 2.45) is 4.99 Å². The second kappa shape index (κ2) is 6.29. The molecule has 0 N–H and O–H groups in total. The monoisotopic (exact) mass is 264 g/mol. The number of aromatic nitrogens is 1. The van der Waals surface area contributed by atoms with Crippen molar-refractivity contribution in [3.05, 3.63) is 52.2 Å². The molecule has 1 aromatic heterocycles. The molecule has 0 aliphatic rings. The number of aryl methyl sites for hydroxylation is 2. The van der Waals surface area contributed by atoms with Gasteiger partial charge in [0.15, 0.2) is 0 Å². The molecule has 2 rings (SSSR count). The summed E-state index contributed by atoms with van der Waals surface area (Å²) >= 11 is 0. The molecule has 1 aromatic carbocycles. The van der Waals surface area contributed by atoms with Crippen LogP contribution in [0.4, 0.5) is 0 Å². The highest BCUT2D eigenvalue weighted by atomic mass is 14.7. The zero-order chi connectivity index (χ0) is 14.5. The van der Waals surface area contributed by atoms with Crippen molar-refractivity contribution in [3.8, 4) is 11.1 Å². The molecule has 20 heavy (non-hydrogen) atoms. The molecule has 0 bridgehead atoms. The molecule has 0 unspecified atom stereocenters. The van der Waals surface area contributed by atoms with Gasteiger partial charge in [-0.1, -0.05) is 25.1 Å². The van der Waals surface area contributed by atoms with Gasteiger partial charge in [-0.25, -0.2) is 0 Å². The fourth-order valence-corrected chi connectivity index (χ4v) is 2.36. The van der Waals surface area contributed by atoms with Gasteiger partial charge in [-0.05, 0) is 55.5 Å². The minimum absolute atomic E-state index is 1.00. The van der Waals surface area contributed by atoms with Crippen LogP contribution in [0.15, 0.2) is 35.5 Å². The average Bonchev–Trinajstić information content (AvgIpc) is 2.41. The quantitative estimate of drug-likeness (QED) is 0.782. The number of pyridine rings is 1. The van der Waals surface area contributed by atoms with Crippen molar-refractivity contribution in [1.82, 2.24) is 4.98 Å². The van der Waals surface area contributed by atoms with Gasteiger partial charge in [0.1, 0.15) is 0 Å². The molecule has 0 fully saturated rings. The fraction of sp³-hybridized carbons (Fsp3) is 0.222. The molecule has 0 atom stereocenters. The van der Waals surface area contributed by atoms with Gasteiger partial charge in [-0.3, -0.25) is 9.98 Å². The van der Waals surface area contributed by atoms with Gasteiger partial charge < -0.3 is 0 Å². The Morgan fingerprint density at radius 1 is 1.20 bits per heavy atom. The lowest BCUT2D eigenvalue weighted by Crippen LogP contribution is -2.23. The highest BCUT2D eigenvalue weighted by molar-refractivity contribution is 5.66. The van der Waals surface area contributed by atoms with E-state index in [9.17, 15) is 0 Å². The van der Waals surface area contributed by atoms with Gasteiger partial charge >= 0.3 is 0 Å². The second-order valence-electron chi connectivity index (χ2n) is 4.91. The first kappa shape index (κ1) is 14.2. The molecule has 1 heterocycles. The SMILES string of the molecule is C=N/C=c1/cc(-c2cnc(C)cc2C)cc/c1=C/CC. The highest BCUT2D eigenvalue weighted by Gasteiger charge is 2.03. The number of nitrogens with zero attached hydrogens (tertiary/aromatic N) is 2. The molecule has 0 aliphatic heterocycles. The van der Waals surface area contributed by atoms with Crippen molar-refractivity contribution < 1.29 is 0 Å². The van der Waals surface area contributed by atoms with Crippen LogP contribution in [0.25, 0.3) is 23.4 Å². The van der Waals surface area contributed by atoms with Crippen LogP contribution in [0.1, 0.15) is 24.6 Å². The minimum Gasteiger partial charge on any atom is -0.272 e. The third-order valence-corrected chi connectivity index (χ3v) is 3.30. The molecule has 0 radical (unpaired) electrons. The third kappa shape index (κ3) is 3.02. The van der Waals surface area contributed by atoms with E-state index in [1.807, 2.05) is 19.3 Å². The van der Waals surface area contributed by atoms with Crippen LogP contribution >= 0.6 is 0 Å². The van der Waals surface area contributed by atoms with Crippen molar-refractivity contribution in [3.63, 3.8) is 0 Å². The Morgan fingerprint density at radius 3 is 2.65 bits per heavy atom. The molecule has 0 saturated carbocycles. The predicted octanol–water partition coefficient (Wildman–Crippen LogP) is 2.99. The van der Waals surface area contributed by atoms with Gasteiger partial charge in [0.2, 0.25) is 0 Å². The Hall–Kier alpha value is -2.22. The molecule has 102 valence electrons. The summed E-state index contributed by atoms with van der Waals surface area (Å²) in [6, 6.07) is 8.53. The normalized spacial score (nSPS) is 12.8. The summed E-state index contributed by atoms with van der Waals surface area (Å²) in [5.74, 6) is 0. The Bertz CT molecular complexity index is 742. The Labute approximate surface area is 120 Å². The predicted molar refractivity (Wildman–Crippen MR) is 87.2 cm³/mol. The average molecular weight is 264 g/mol. The largest absolute Gasteiger partial charge is 0.272 e. The first-order valence-corrected chi connectivity index (χ1v) is 6.85. The van der Waals surface area contributed by atoms with Crippen LogP contribution in [0.2, 0.25) is 0 Å². The number of rotatable bonds is 3. The maximum Gasteiger partial charge on any atom is 0.0375 e. The van der Waals surface area contributed by atoms with E-state index in [0.29, 0.717) is 0 Å². The lowest BCUT2D eigenvalue weighted by atomic mass is 10.0. The molecule has 2 nitrogen and oxygen atoms in total. The van der Waals surface area contributed by atoms with E-state index in [1.54, 1.807) is 0 Å². The summed E-state index contributed by atoms with van der Waals surface area (Å²) in [6.45, 7) is 9.82. The summed E-state index contributed by atoms with van der Waals surface area (Å²) in [5, 5.41) is 2.29. The molecular formula is C18H20N2. The van der Waals surface area contributed by atoms with Crippen molar-refractivity contribution in [2.45, 2.75) is 27.2 Å². The van der Waals surface area contributed by atoms with E-state index in [1.165, 1.54) is 10.8 Å². The topological polar surface area (TPSA) is 25.2 Å². The first-order chi connectivity index (χ1) is 9.65. The number of aliphatic imine (C=N–C) groups is 1. The Kier molecular flexibility index (Phi) is 4.46. The summed E-state index contributed by atoms with van der Waals surface area (Å²) < 4.78 is 0. The molecule has 0 amide bonds. The molecule has 2 aromatic rings. The zero-order valence-corrected chi connectivity index (χ0v) is 12.4. The lowest BCUT2D eigenvalue weighted by molar-refractivity contribution is 1.18. The van der Waals surface area contributed by atoms with Crippen molar-refractivity contribution in [2.75, 3.05) is 0 Å². The molecule has 0 aliphatic carbocycles. The van der Waals surface area contributed by atoms with Gasteiger partial charge in [0.25, 0.3) is 0 Å². The van der Waals surface area contributed by atoms with Gasteiger partial charge in [-0.2, -0.15) is 0 Å². The lowest BCUT2D eigenvalue weighted by Gasteiger charge is -2.06. The summed E-state index contributed by atoms with van der Waals surface area (Å²) in [5.41, 5.74) is 4.61. The maximum atomic E-state index is 4.40. The summed E-state index contributed by atoms with van der Waals surface area (Å²) in [7, 11) is 0. The summed E-state index contributed by atoms with van der Waals surface area (Å²) in [4.78, 5) is 8.31. The van der Waals surface area contributed by atoms with Crippen LogP contribution in [0, 0.1) is 13.8 Å². The van der Waals surface area contributed by atoms with Crippen molar-refractivity contribution >= 4 is 19.0 Å². The van der Waals surface area contributed by atoms with E-state index in [2.05, 4.69) is 60.9 Å². The Balaban J connectivity index is 2.65. The minimum atomic E-state index is 1.00. The van der Waals surface area contributed by atoms with Crippen molar-refractivity contribution in [1.29, 1.82) is 0 Å². The number of hydrogen-bond donors (Lipinski definition) is 0. The number of hydrogen-bond acceptors (Lipinski definition) is 2. The van der Waals surface area contributed by atoms with E-state index in [4.69, 9.17) is 0 Å². The number of benzene rings is 1. The smallest absolute Gasteiger partial charge is 0.0375 e. The Morgan fingerprint density at radius 2 is 2.00 bits per heavy atom. The third-order valence-electron chi connectivity index (χ3n) is 3.30. The molecule has 0 spiro atoms. The molecular weight excluding hydrogens is 244 g/mol. The first-order valence-electron chi connectivity index (χ1n) is 6.85. The summed E-state index contributed by atoms with van der Waals surface area (Å²) in [6.07, 6.45) is 6.94. The van der Waals surface area contributed by atoms with Crippen LogP contribution < -0.4 is 10.4 Å². The van der Waals surface area contributed by atoms with Gasteiger partial charge in [0, 0.05) is 28.9 Å². The van der Waals surface area contributed by atoms with Crippen LogP contribution in [-0.4, -0.2) is 11.7 Å². The van der Waals surface area contributed by atoms with E-state index >= 15 is 0 Å². The highest BCUT2D eigenvalue weighted by Crippen LogP contribution is 2.20. The van der Waals surface area contributed by atoms with E-state index in [-0.39, 0.29) is 0 Å². The fourth-order valence-electron chi connectivity index (χ4n) is 2.36. The van der Waals surface area contributed by atoms with Crippen LogP contribution in [0.5, 0.6) is 0 Å². The zero-order valence-electron chi connectivity index (χ0n) is 12.4. The van der Waals surface area contributed by atoms with E-state index < -0.39 is 0 Å². The molecule has 0 saturated heterocycles. The second-order valence-corrected chi connectivity index (χ2v) is 4.91.